The van der Waals surface area contributed by atoms with E-state index in [2.05, 4.69) is 11.4 Å². The van der Waals surface area contributed by atoms with Crippen LogP contribution in [0.5, 0.6) is 0 Å². The summed E-state index contributed by atoms with van der Waals surface area (Å²) in [5.41, 5.74) is 3.95. The lowest BCUT2D eigenvalue weighted by molar-refractivity contribution is -0.126. The van der Waals surface area contributed by atoms with Gasteiger partial charge in [0.15, 0.2) is 0 Å². The van der Waals surface area contributed by atoms with Crippen LogP contribution in [0.1, 0.15) is 48.1 Å². The van der Waals surface area contributed by atoms with Crippen molar-refractivity contribution < 1.29 is 13.2 Å². The van der Waals surface area contributed by atoms with Gasteiger partial charge >= 0.3 is 0 Å². The third-order valence-corrected chi connectivity index (χ3v) is 8.24. The van der Waals surface area contributed by atoms with Crippen molar-refractivity contribution >= 4 is 39.1 Å². The third kappa shape index (κ3) is 6.01. The van der Waals surface area contributed by atoms with Gasteiger partial charge in [-0.2, -0.15) is 0 Å². The Hall–Kier alpha value is -1.60. The highest BCUT2D eigenvalue weighted by molar-refractivity contribution is 7.88. The maximum atomic E-state index is 12.8. The molecule has 1 N–H and O–H groups in total. The van der Waals surface area contributed by atoms with Gasteiger partial charge < -0.3 is 5.32 Å². The van der Waals surface area contributed by atoms with Crippen molar-refractivity contribution in [3.63, 3.8) is 0 Å². The van der Waals surface area contributed by atoms with Gasteiger partial charge in [0.1, 0.15) is 0 Å². The summed E-state index contributed by atoms with van der Waals surface area (Å²) in [5.74, 6) is -0.395. The summed E-state index contributed by atoms with van der Waals surface area (Å²) in [4.78, 5) is 12.8. The first-order chi connectivity index (χ1) is 14.6. The first-order valence-electron chi connectivity index (χ1n) is 10.4. The second kappa shape index (κ2) is 9.90. The summed E-state index contributed by atoms with van der Waals surface area (Å²) in [6.45, 7) is 6.71. The molecule has 1 aliphatic heterocycles. The fourth-order valence-electron chi connectivity index (χ4n) is 4.04. The minimum Gasteiger partial charge on any atom is -0.349 e. The predicted octanol–water partition coefficient (Wildman–Crippen LogP) is 5.03. The van der Waals surface area contributed by atoms with Gasteiger partial charge in [0.25, 0.3) is 0 Å². The highest BCUT2D eigenvalue weighted by Gasteiger charge is 2.32. The molecule has 0 spiro atoms. The van der Waals surface area contributed by atoms with Crippen LogP contribution in [0.15, 0.2) is 36.4 Å². The summed E-state index contributed by atoms with van der Waals surface area (Å²) in [6, 6.07) is 10.9. The molecule has 5 nitrogen and oxygen atoms in total. The van der Waals surface area contributed by atoms with E-state index in [0.29, 0.717) is 41.5 Å². The molecule has 3 rings (SSSR count). The fourth-order valence-corrected chi connectivity index (χ4v) is 6.19. The molecule has 1 atom stereocenters. The van der Waals surface area contributed by atoms with E-state index in [0.717, 1.165) is 11.1 Å². The molecule has 1 fully saturated rings. The number of hydrogen-bond donors (Lipinski definition) is 1. The van der Waals surface area contributed by atoms with Crippen LogP contribution < -0.4 is 5.32 Å². The maximum absolute atomic E-state index is 12.8. The molecule has 2 aromatic rings. The standard InChI is InChI=1S/C23H28Cl2N2O3S/c1-15-4-7-21(16(2)12-15)17(3)26-23(28)18-8-10-27(11-9-18)31(29,30)14-19-5-6-20(24)13-22(19)25/h4-7,12-13,17-18H,8-11,14H2,1-3H3,(H,26,28)/t17-/m1/s1. The minimum atomic E-state index is -3.52. The number of carbonyl (C=O) groups excluding carboxylic acids is 1. The van der Waals surface area contributed by atoms with Crippen LogP contribution in [-0.2, 0) is 20.6 Å². The molecule has 0 aromatic heterocycles. The number of nitrogens with one attached hydrogen (secondary N) is 1. The summed E-state index contributed by atoms with van der Waals surface area (Å²) in [6.07, 6.45) is 0.998. The maximum Gasteiger partial charge on any atom is 0.223 e. The van der Waals surface area contributed by atoms with Crippen molar-refractivity contribution in [2.24, 2.45) is 5.92 Å². The van der Waals surface area contributed by atoms with Crippen LogP contribution in [0.2, 0.25) is 10.0 Å². The lowest BCUT2D eigenvalue weighted by atomic mass is 9.95. The molecule has 0 aliphatic carbocycles. The average molecular weight is 483 g/mol. The molecular formula is C23H28Cl2N2O3S. The largest absolute Gasteiger partial charge is 0.349 e. The lowest BCUT2D eigenvalue weighted by Crippen LogP contribution is -2.43. The average Bonchev–Trinajstić information content (AvgIpc) is 2.70. The number of hydrogen-bond acceptors (Lipinski definition) is 3. The fraction of sp³-hybridized carbons (Fsp3) is 0.435. The van der Waals surface area contributed by atoms with E-state index < -0.39 is 10.0 Å². The van der Waals surface area contributed by atoms with Crippen LogP contribution in [0.25, 0.3) is 0 Å². The zero-order valence-corrected chi connectivity index (χ0v) is 20.3. The molecule has 168 valence electrons. The molecular weight excluding hydrogens is 455 g/mol. The lowest BCUT2D eigenvalue weighted by Gasteiger charge is -2.31. The predicted molar refractivity (Wildman–Crippen MR) is 126 cm³/mol. The molecule has 0 saturated carbocycles. The van der Waals surface area contributed by atoms with E-state index in [1.807, 2.05) is 32.9 Å². The van der Waals surface area contributed by atoms with Crippen LogP contribution in [0.3, 0.4) is 0 Å². The van der Waals surface area contributed by atoms with Crippen molar-refractivity contribution in [2.45, 2.75) is 45.4 Å². The van der Waals surface area contributed by atoms with Crippen molar-refractivity contribution in [2.75, 3.05) is 13.1 Å². The SMILES string of the molecule is Cc1ccc([C@@H](C)NC(=O)C2CCN(S(=O)(=O)Cc3ccc(Cl)cc3Cl)CC2)c(C)c1. The molecule has 1 amide bonds. The molecule has 1 heterocycles. The molecule has 0 bridgehead atoms. The van der Waals surface area contributed by atoms with Gasteiger partial charge in [-0.25, -0.2) is 12.7 Å². The Bertz CT molecular complexity index is 1060. The van der Waals surface area contributed by atoms with E-state index in [9.17, 15) is 13.2 Å². The van der Waals surface area contributed by atoms with Crippen molar-refractivity contribution in [1.82, 2.24) is 9.62 Å². The zero-order valence-electron chi connectivity index (χ0n) is 18.0. The van der Waals surface area contributed by atoms with E-state index in [4.69, 9.17) is 23.2 Å². The van der Waals surface area contributed by atoms with Gasteiger partial charge in [0, 0.05) is 29.1 Å². The Labute approximate surface area is 194 Å². The minimum absolute atomic E-state index is 0.0229. The summed E-state index contributed by atoms with van der Waals surface area (Å²) in [5, 5.41) is 3.90. The Balaban J connectivity index is 1.57. The number of amides is 1. The number of rotatable bonds is 6. The molecule has 1 saturated heterocycles. The van der Waals surface area contributed by atoms with E-state index in [-0.39, 0.29) is 23.6 Å². The van der Waals surface area contributed by atoms with E-state index in [1.54, 1.807) is 18.2 Å². The van der Waals surface area contributed by atoms with Crippen LogP contribution in [0, 0.1) is 19.8 Å². The van der Waals surface area contributed by atoms with Gasteiger partial charge in [-0.3, -0.25) is 4.79 Å². The van der Waals surface area contributed by atoms with Crippen molar-refractivity contribution in [1.29, 1.82) is 0 Å². The molecule has 0 unspecified atom stereocenters. The van der Waals surface area contributed by atoms with Gasteiger partial charge in [0.05, 0.1) is 11.8 Å². The summed E-state index contributed by atoms with van der Waals surface area (Å²) < 4.78 is 27.1. The first-order valence-corrected chi connectivity index (χ1v) is 12.7. The molecule has 2 aromatic carbocycles. The number of benzene rings is 2. The molecule has 31 heavy (non-hydrogen) atoms. The molecule has 0 radical (unpaired) electrons. The number of halogens is 2. The molecule has 1 aliphatic rings. The molecule has 8 heteroatoms. The number of piperidine rings is 1. The topological polar surface area (TPSA) is 66.5 Å². The second-order valence-electron chi connectivity index (χ2n) is 8.26. The number of carbonyl (C=O) groups is 1. The number of sulfonamides is 1. The summed E-state index contributed by atoms with van der Waals surface area (Å²) >= 11 is 12.0. The number of nitrogens with zero attached hydrogens (tertiary/aromatic N) is 1. The highest BCUT2D eigenvalue weighted by atomic mass is 35.5. The van der Waals surface area contributed by atoms with Gasteiger partial charge in [-0.15, -0.1) is 0 Å². The highest BCUT2D eigenvalue weighted by Crippen LogP contribution is 2.27. The van der Waals surface area contributed by atoms with Crippen LogP contribution in [0.4, 0.5) is 0 Å². The number of aryl methyl sites for hydroxylation is 2. The monoisotopic (exact) mass is 482 g/mol. The van der Waals surface area contributed by atoms with Gasteiger partial charge in [-0.05, 0) is 62.4 Å². The Kier molecular flexibility index (Phi) is 7.68. The van der Waals surface area contributed by atoms with Crippen molar-refractivity contribution in [3.05, 3.63) is 68.7 Å². The van der Waals surface area contributed by atoms with Gasteiger partial charge in [-0.1, -0.05) is 53.0 Å². The van der Waals surface area contributed by atoms with Crippen LogP contribution >= 0.6 is 23.2 Å². The summed E-state index contributed by atoms with van der Waals surface area (Å²) in [7, 11) is -3.52. The van der Waals surface area contributed by atoms with E-state index in [1.165, 1.54) is 9.87 Å². The second-order valence-corrected chi connectivity index (χ2v) is 11.1. The van der Waals surface area contributed by atoms with E-state index >= 15 is 0 Å². The Morgan fingerprint density at radius 2 is 1.81 bits per heavy atom. The van der Waals surface area contributed by atoms with Crippen LogP contribution in [-0.4, -0.2) is 31.7 Å². The van der Waals surface area contributed by atoms with Crippen molar-refractivity contribution in [3.8, 4) is 0 Å². The quantitative estimate of drug-likeness (QED) is 0.627. The smallest absolute Gasteiger partial charge is 0.223 e. The Morgan fingerprint density at radius 1 is 1.13 bits per heavy atom. The normalized spacial score (nSPS) is 16.8. The van der Waals surface area contributed by atoms with Gasteiger partial charge in [0.2, 0.25) is 15.9 Å². The third-order valence-electron chi connectivity index (χ3n) is 5.82. The Morgan fingerprint density at radius 3 is 2.42 bits per heavy atom. The zero-order chi connectivity index (χ0) is 22.8. The first kappa shape index (κ1) is 24.1.